The second-order valence-electron chi connectivity index (χ2n) is 3.74. The van der Waals surface area contributed by atoms with Crippen molar-refractivity contribution in [1.82, 2.24) is 0 Å². The van der Waals surface area contributed by atoms with Crippen molar-refractivity contribution in [1.29, 1.82) is 0 Å². The van der Waals surface area contributed by atoms with E-state index in [4.69, 9.17) is 23.2 Å². The van der Waals surface area contributed by atoms with Gasteiger partial charge in [-0.1, -0.05) is 29.3 Å². The third-order valence-electron chi connectivity index (χ3n) is 2.51. The minimum Gasteiger partial charge on any atom is -0.384 e. The summed E-state index contributed by atoms with van der Waals surface area (Å²) in [5, 5.41) is 11.4. The van der Waals surface area contributed by atoms with E-state index in [0.29, 0.717) is 15.6 Å². The van der Waals surface area contributed by atoms with Crippen LogP contribution >= 0.6 is 55.1 Å². The highest BCUT2D eigenvalue weighted by Crippen LogP contribution is 2.33. The summed E-state index contributed by atoms with van der Waals surface area (Å²) >= 11 is 18.8. The second-order valence-corrected chi connectivity index (χ2v) is 6.29. The molecule has 0 bridgehead atoms. The Morgan fingerprint density at radius 1 is 0.944 bits per heavy atom. The summed E-state index contributed by atoms with van der Waals surface area (Å²) < 4.78 is 1.80. The molecule has 0 radical (unpaired) electrons. The molecule has 1 atom stereocenters. The van der Waals surface area contributed by atoms with E-state index >= 15 is 0 Å². The van der Waals surface area contributed by atoms with Crippen molar-refractivity contribution in [2.45, 2.75) is 6.10 Å². The quantitative estimate of drug-likeness (QED) is 0.683. The lowest BCUT2D eigenvalue weighted by molar-refractivity contribution is 0.220. The van der Waals surface area contributed by atoms with E-state index in [0.717, 1.165) is 14.5 Å². The highest BCUT2D eigenvalue weighted by atomic mass is 79.9. The van der Waals surface area contributed by atoms with Crippen LogP contribution in [0, 0.1) is 0 Å². The maximum Gasteiger partial charge on any atom is 0.106 e. The number of aliphatic hydroxyl groups excluding tert-OH is 1. The van der Waals surface area contributed by atoms with E-state index in [-0.39, 0.29) is 0 Å². The zero-order valence-electron chi connectivity index (χ0n) is 9.00. The number of rotatable bonds is 2. The van der Waals surface area contributed by atoms with Gasteiger partial charge >= 0.3 is 0 Å². The van der Waals surface area contributed by atoms with Crippen LogP contribution in [0.2, 0.25) is 10.0 Å². The van der Waals surface area contributed by atoms with Gasteiger partial charge in [-0.2, -0.15) is 0 Å². The molecule has 0 aliphatic rings. The normalized spacial score (nSPS) is 12.5. The van der Waals surface area contributed by atoms with Crippen molar-refractivity contribution in [2.24, 2.45) is 0 Å². The first-order valence-corrected chi connectivity index (χ1v) is 7.41. The Labute approximate surface area is 132 Å². The van der Waals surface area contributed by atoms with Crippen molar-refractivity contribution in [2.75, 3.05) is 0 Å². The summed E-state index contributed by atoms with van der Waals surface area (Å²) in [5.41, 5.74) is 1.34. The van der Waals surface area contributed by atoms with Gasteiger partial charge in [-0.25, -0.2) is 0 Å². The molecule has 0 heterocycles. The van der Waals surface area contributed by atoms with Gasteiger partial charge in [0.25, 0.3) is 0 Å². The average molecular weight is 411 g/mol. The third kappa shape index (κ3) is 3.09. The summed E-state index contributed by atoms with van der Waals surface area (Å²) in [6.45, 7) is 0. The van der Waals surface area contributed by atoms with Crippen molar-refractivity contribution >= 4 is 55.1 Å². The highest BCUT2D eigenvalue weighted by Gasteiger charge is 2.15. The molecule has 0 aromatic heterocycles. The van der Waals surface area contributed by atoms with Gasteiger partial charge in [0, 0.05) is 24.6 Å². The van der Waals surface area contributed by atoms with Crippen molar-refractivity contribution in [3.63, 3.8) is 0 Å². The van der Waals surface area contributed by atoms with Crippen LogP contribution in [0.4, 0.5) is 0 Å². The molecular weight excluding hydrogens is 403 g/mol. The fraction of sp³-hybridized carbons (Fsp3) is 0.0769. The molecule has 18 heavy (non-hydrogen) atoms. The number of halogens is 4. The maximum atomic E-state index is 10.3. The molecule has 0 spiro atoms. The molecule has 0 aliphatic carbocycles. The predicted molar refractivity (Wildman–Crippen MR) is 82.4 cm³/mol. The lowest BCUT2D eigenvalue weighted by atomic mass is 10.0. The van der Waals surface area contributed by atoms with Crippen molar-refractivity contribution in [3.05, 3.63) is 66.5 Å². The van der Waals surface area contributed by atoms with E-state index in [2.05, 4.69) is 31.9 Å². The Morgan fingerprint density at radius 2 is 1.67 bits per heavy atom. The molecular formula is C13H8Br2Cl2O. The van der Waals surface area contributed by atoms with Gasteiger partial charge in [0.15, 0.2) is 0 Å². The lowest BCUT2D eigenvalue weighted by Crippen LogP contribution is -2.00. The van der Waals surface area contributed by atoms with Gasteiger partial charge in [0.2, 0.25) is 0 Å². The Bertz CT molecular complexity index is 587. The molecule has 0 aliphatic heterocycles. The summed E-state index contributed by atoms with van der Waals surface area (Å²) in [7, 11) is 0. The third-order valence-corrected chi connectivity index (χ3v) is 4.97. The smallest absolute Gasteiger partial charge is 0.106 e. The maximum absolute atomic E-state index is 10.3. The Balaban J connectivity index is 2.44. The van der Waals surface area contributed by atoms with Gasteiger partial charge in [-0.15, -0.1) is 0 Å². The minimum atomic E-state index is -0.805. The first kappa shape index (κ1) is 14.4. The van der Waals surface area contributed by atoms with Crippen LogP contribution in [0.5, 0.6) is 0 Å². The molecule has 1 nitrogen and oxygen atoms in total. The summed E-state index contributed by atoms with van der Waals surface area (Å²) in [6.07, 6.45) is -0.805. The van der Waals surface area contributed by atoms with Gasteiger partial charge in [0.1, 0.15) is 6.10 Å². The van der Waals surface area contributed by atoms with Crippen LogP contribution in [-0.4, -0.2) is 5.11 Å². The molecule has 94 valence electrons. The Hall–Kier alpha value is -0.0600. The average Bonchev–Trinajstić information content (AvgIpc) is 2.35. The lowest BCUT2D eigenvalue weighted by Gasteiger charge is -2.14. The summed E-state index contributed by atoms with van der Waals surface area (Å²) in [5.74, 6) is 0. The van der Waals surface area contributed by atoms with E-state index in [9.17, 15) is 5.11 Å². The first-order valence-electron chi connectivity index (χ1n) is 5.07. The van der Waals surface area contributed by atoms with E-state index in [1.807, 2.05) is 18.2 Å². The topological polar surface area (TPSA) is 20.2 Å². The van der Waals surface area contributed by atoms with Gasteiger partial charge in [-0.3, -0.25) is 0 Å². The van der Waals surface area contributed by atoms with Gasteiger partial charge in [0.05, 0.1) is 0 Å². The molecule has 0 fully saturated rings. The fourth-order valence-corrected chi connectivity index (χ4v) is 2.63. The van der Waals surface area contributed by atoms with Crippen molar-refractivity contribution in [3.8, 4) is 0 Å². The van der Waals surface area contributed by atoms with Crippen LogP contribution in [-0.2, 0) is 0 Å². The molecule has 0 amide bonds. The van der Waals surface area contributed by atoms with E-state index in [1.54, 1.807) is 18.2 Å². The van der Waals surface area contributed by atoms with Crippen LogP contribution < -0.4 is 0 Å². The molecule has 1 unspecified atom stereocenters. The molecule has 2 rings (SSSR count). The van der Waals surface area contributed by atoms with E-state index < -0.39 is 6.10 Å². The first-order chi connectivity index (χ1) is 8.49. The van der Waals surface area contributed by atoms with Gasteiger partial charge < -0.3 is 5.11 Å². The predicted octanol–water partition coefficient (Wildman–Crippen LogP) is 5.60. The molecule has 0 saturated carbocycles. The zero-order valence-corrected chi connectivity index (χ0v) is 13.7. The van der Waals surface area contributed by atoms with Gasteiger partial charge in [-0.05, 0) is 67.8 Å². The molecule has 2 aromatic rings. The molecule has 5 heteroatoms. The monoisotopic (exact) mass is 408 g/mol. The number of aliphatic hydroxyl groups is 1. The molecule has 1 N–H and O–H groups in total. The van der Waals surface area contributed by atoms with Crippen LogP contribution in [0.1, 0.15) is 17.2 Å². The van der Waals surface area contributed by atoms with Crippen molar-refractivity contribution < 1.29 is 5.11 Å². The highest BCUT2D eigenvalue weighted by molar-refractivity contribution is 9.13. The second kappa shape index (κ2) is 5.93. The number of hydrogen-bond acceptors (Lipinski definition) is 1. The Kier molecular flexibility index (Phi) is 4.73. The summed E-state index contributed by atoms with van der Waals surface area (Å²) in [4.78, 5) is 0. The number of benzene rings is 2. The summed E-state index contributed by atoms with van der Waals surface area (Å²) in [6, 6.07) is 10.6. The zero-order chi connectivity index (χ0) is 13.3. The number of hydrogen-bond donors (Lipinski definition) is 1. The van der Waals surface area contributed by atoms with E-state index in [1.165, 1.54) is 0 Å². The fourth-order valence-electron chi connectivity index (χ4n) is 1.59. The standard InChI is InChI=1S/C13H8Br2Cl2O/c14-10-3-1-7(5-11(10)15)13(18)9-6-8(16)2-4-12(9)17/h1-6,13,18H. The molecule has 2 aromatic carbocycles. The van der Waals surface area contributed by atoms with Crippen LogP contribution in [0.15, 0.2) is 45.3 Å². The van der Waals surface area contributed by atoms with Crippen LogP contribution in [0.25, 0.3) is 0 Å². The SMILES string of the molecule is OC(c1ccc(Br)c(Br)c1)c1cc(Cl)ccc1Cl. The largest absolute Gasteiger partial charge is 0.384 e. The Morgan fingerprint density at radius 3 is 2.33 bits per heavy atom. The molecule has 0 saturated heterocycles. The minimum absolute atomic E-state index is 0.492. The van der Waals surface area contributed by atoms with Crippen LogP contribution in [0.3, 0.4) is 0 Å².